The first-order chi connectivity index (χ1) is 8.96. The predicted molar refractivity (Wildman–Crippen MR) is 60.3 cm³/mol. The maximum atomic E-state index is 12.8. The van der Waals surface area contributed by atoms with Crippen molar-refractivity contribution in [1.82, 2.24) is 0 Å². The minimum atomic E-state index is -5.05. The van der Waals surface area contributed by atoms with E-state index in [0.717, 1.165) is 0 Å². The van der Waals surface area contributed by atoms with Gasteiger partial charge in [0.1, 0.15) is 0 Å². The monoisotopic (exact) mass is 296 g/mol. The molecule has 0 spiro atoms. The maximum absolute atomic E-state index is 12.8. The van der Waals surface area contributed by atoms with E-state index in [4.69, 9.17) is 11.5 Å². The molecule has 0 saturated heterocycles. The van der Waals surface area contributed by atoms with E-state index in [9.17, 15) is 33.4 Å². The summed E-state index contributed by atoms with van der Waals surface area (Å²) in [4.78, 5) is 19.6. The Balaban J connectivity index is 3.66. The molecule has 2 atom stereocenters. The van der Waals surface area contributed by atoms with Crippen molar-refractivity contribution >= 4 is 0 Å². The second-order valence-corrected chi connectivity index (χ2v) is 4.24. The quantitative estimate of drug-likeness (QED) is 0.580. The first-order valence-corrected chi connectivity index (χ1v) is 5.32. The summed E-state index contributed by atoms with van der Waals surface area (Å²) in [5.41, 5.74) is 4.79. The number of rotatable bonds is 3. The third-order valence-electron chi connectivity index (χ3n) is 3.15. The first-order valence-electron chi connectivity index (χ1n) is 5.32. The summed E-state index contributed by atoms with van der Waals surface area (Å²) in [6.45, 7) is 1.29. The van der Waals surface area contributed by atoms with Crippen molar-refractivity contribution in [2.75, 3.05) is 0 Å². The molecule has 8 nitrogen and oxygen atoms in total. The van der Waals surface area contributed by atoms with Crippen LogP contribution in [0.3, 0.4) is 0 Å². The van der Waals surface area contributed by atoms with Crippen molar-refractivity contribution in [3.63, 3.8) is 0 Å². The van der Waals surface area contributed by atoms with Gasteiger partial charge in [-0.2, -0.15) is 13.2 Å². The van der Waals surface area contributed by atoms with Gasteiger partial charge in [-0.25, -0.2) is 0 Å². The van der Waals surface area contributed by atoms with Crippen LogP contribution in [0.1, 0.15) is 13.3 Å². The molecular weight excluding hydrogens is 285 g/mol. The highest BCUT2D eigenvalue weighted by atomic mass is 19.4. The SMILES string of the molecule is CCC1(N)C([N+](=O)[O-])=CC(C(F)(F)F)=C(N)C1[N+](=O)[O-]. The zero-order chi connectivity index (χ0) is 15.9. The summed E-state index contributed by atoms with van der Waals surface area (Å²) in [5, 5.41) is 21.9. The average Bonchev–Trinajstić information content (AvgIpc) is 2.25. The van der Waals surface area contributed by atoms with Gasteiger partial charge in [-0.15, -0.1) is 0 Å². The minimum absolute atomic E-state index is 0.166. The second kappa shape index (κ2) is 4.74. The largest absolute Gasteiger partial charge is 0.418 e. The third-order valence-corrected chi connectivity index (χ3v) is 3.15. The molecule has 0 heterocycles. The first kappa shape index (κ1) is 15.9. The molecule has 11 heteroatoms. The van der Waals surface area contributed by atoms with Crippen LogP contribution in [-0.2, 0) is 0 Å². The fourth-order valence-electron chi connectivity index (χ4n) is 2.06. The Hall–Kier alpha value is -2.17. The molecule has 0 aromatic heterocycles. The molecule has 0 amide bonds. The number of alkyl halides is 3. The van der Waals surface area contributed by atoms with Crippen molar-refractivity contribution < 1.29 is 23.0 Å². The van der Waals surface area contributed by atoms with Crippen LogP contribution in [0.15, 0.2) is 23.0 Å². The molecule has 2 unspecified atom stereocenters. The lowest BCUT2D eigenvalue weighted by Crippen LogP contribution is -2.60. The molecule has 0 bridgehead atoms. The van der Waals surface area contributed by atoms with Gasteiger partial charge in [-0.3, -0.25) is 20.2 Å². The van der Waals surface area contributed by atoms with Gasteiger partial charge >= 0.3 is 6.18 Å². The van der Waals surface area contributed by atoms with Crippen molar-refractivity contribution in [3.8, 4) is 0 Å². The zero-order valence-electron chi connectivity index (χ0n) is 10.2. The molecule has 0 aromatic carbocycles. The molecular formula is C9H11F3N4O4. The Morgan fingerprint density at radius 1 is 1.40 bits per heavy atom. The molecule has 0 aliphatic heterocycles. The highest BCUT2D eigenvalue weighted by molar-refractivity contribution is 5.42. The number of nitro groups is 2. The average molecular weight is 296 g/mol. The summed E-state index contributed by atoms with van der Waals surface area (Å²) < 4.78 is 38.3. The molecule has 4 N–H and O–H groups in total. The van der Waals surface area contributed by atoms with Crippen LogP contribution in [0.4, 0.5) is 13.2 Å². The lowest BCUT2D eigenvalue weighted by Gasteiger charge is -2.32. The van der Waals surface area contributed by atoms with E-state index >= 15 is 0 Å². The molecule has 20 heavy (non-hydrogen) atoms. The van der Waals surface area contributed by atoms with Gasteiger partial charge in [-0.05, 0) is 6.42 Å². The summed E-state index contributed by atoms with van der Waals surface area (Å²) in [6.07, 6.45) is -5.20. The Kier molecular flexibility index (Phi) is 3.76. The molecule has 0 aromatic rings. The number of hydrogen-bond acceptors (Lipinski definition) is 6. The maximum Gasteiger partial charge on any atom is 0.418 e. The Labute approximate surface area is 110 Å². The van der Waals surface area contributed by atoms with Crippen molar-refractivity contribution in [2.45, 2.75) is 31.1 Å². The highest BCUT2D eigenvalue weighted by Crippen LogP contribution is 2.39. The van der Waals surface area contributed by atoms with Crippen LogP contribution >= 0.6 is 0 Å². The van der Waals surface area contributed by atoms with Crippen LogP contribution < -0.4 is 11.5 Å². The fourth-order valence-corrected chi connectivity index (χ4v) is 2.06. The minimum Gasteiger partial charge on any atom is -0.396 e. The van der Waals surface area contributed by atoms with E-state index in [1.54, 1.807) is 0 Å². The molecule has 0 fully saturated rings. The Morgan fingerprint density at radius 3 is 2.20 bits per heavy atom. The van der Waals surface area contributed by atoms with Crippen LogP contribution in [0.25, 0.3) is 0 Å². The molecule has 1 aliphatic rings. The lowest BCUT2D eigenvalue weighted by atomic mass is 9.78. The molecule has 0 radical (unpaired) electrons. The van der Waals surface area contributed by atoms with Gasteiger partial charge in [0.25, 0.3) is 11.7 Å². The normalized spacial score (nSPS) is 27.2. The van der Waals surface area contributed by atoms with Crippen LogP contribution in [0, 0.1) is 20.2 Å². The standard InChI is InChI=1S/C9H11F3N4O4/c1-2-8(14)5(15(17)18)3-4(9(10,11)12)6(13)7(8)16(19)20/h3,7H,2,13-14H2,1H3. The van der Waals surface area contributed by atoms with Gasteiger partial charge in [-0.1, -0.05) is 6.92 Å². The van der Waals surface area contributed by atoms with E-state index in [0.29, 0.717) is 0 Å². The van der Waals surface area contributed by atoms with Gasteiger partial charge in [0.05, 0.1) is 16.2 Å². The molecule has 1 rings (SSSR count). The zero-order valence-corrected chi connectivity index (χ0v) is 10.2. The van der Waals surface area contributed by atoms with Gasteiger partial charge in [0, 0.05) is 11.0 Å². The smallest absolute Gasteiger partial charge is 0.396 e. The summed E-state index contributed by atoms with van der Waals surface area (Å²) >= 11 is 0. The van der Waals surface area contributed by atoms with Gasteiger partial charge < -0.3 is 11.5 Å². The van der Waals surface area contributed by atoms with E-state index in [1.165, 1.54) is 6.92 Å². The number of halogens is 3. The van der Waals surface area contributed by atoms with Gasteiger partial charge in [0.15, 0.2) is 5.54 Å². The van der Waals surface area contributed by atoms with E-state index in [1.807, 2.05) is 0 Å². The van der Waals surface area contributed by atoms with E-state index in [-0.39, 0.29) is 12.5 Å². The third kappa shape index (κ3) is 2.31. The number of allylic oxidation sites excluding steroid dienone is 2. The van der Waals surface area contributed by atoms with Crippen LogP contribution in [0.5, 0.6) is 0 Å². The van der Waals surface area contributed by atoms with Gasteiger partial charge in [0.2, 0.25) is 0 Å². The summed E-state index contributed by atoms with van der Waals surface area (Å²) in [6, 6.07) is -2.21. The number of nitrogens with zero attached hydrogens (tertiary/aromatic N) is 2. The highest BCUT2D eigenvalue weighted by Gasteiger charge is 2.59. The molecule has 0 saturated carbocycles. The van der Waals surface area contributed by atoms with Crippen LogP contribution in [0.2, 0.25) is 0 Å². The van der Waals surface area contributed by atoms with Crippen molar-refractivity contribution in [3.05, 3.63) is 43.3 Å². The summed E-state index contributed by atoms with van der Waals surface area (Å²) in [5.74, 6) is 0. The Bertz CT molecular complexity index is 528. The van der Waals surface area contributed by atoms with E-state index in [2.05, 4.69) is 0 Å². The number of hydrogen-bond donors (Lipinski definition) is 2. The fraction of sp³-hybridized carbons (Fsp3) is 0.556. The predicted octanol–water partition coefficient (Wildman–Crippen LogP) is 0.689. The summed E-state index contributed by atoms with van der Waals surface area (Å²) in [7, 11) is 0. The lowest BCUT2D eigenvalue weighted by molar-refractivity contribution is -0.534. The Morgan fingerprint density at radius 2 is 1.90 bits per heavy atom. The topological polar surface area (TPSA) is 138 Å². The second-order valence-electron chi connectivity index (χ2n) is 4.24. The molecule has 1 aliphatic carbocycles. The van der Waals surface area contributed by atoms with Crippen LogP contribution in [-0.4, -0.2) is 27.6 Å². The van der Waals surface area contributed by atoms with Crippen molar-refractivity contribution in [1.29, 1.82) is 0 Å². The number of nitrogens with two attached hydrogens (primary N) is 2. The van der Waals surface area contributed by atoms with Crippen molar-refractivity contribution in [2.24, 2.45) is 11.5 Å². The van der Waals surface area contributed by atoms with E-state index < -0.39 is 44.6 Å². The molecule has 112 valence electrons.